The molecule has 0 amide bonds. The number of ether oxygens (including phenoxy) is 1. The van der Waals surface area contributed by atoms with Gasteiger partial charge in [-0.2, -0.15) is 0 Å². The Balaban J connectivity index is 1.90. The summed E-state index contributed by atoms with van der Waals surface area (Å²) in [5.74, 6) is -1.15. The largest absolute Gasteiger partial charge is 0.420 e. The van der Waals surface area contributed by atoms with Crippen LogP contribution in [0.5, 0.6) is 5.75 Å². The maximum atomic E-state index is 12.6. The van der Waals surface area contributed by atoms with Gasteiger partial charge in [-0.05, 0) is 17.7 Å². The second-order valence-corrected chi connectivity index (χ2v) is 8.11. The highest BCUT2D eigenvalue weighted by Crippen LogP contribution is 2.25. The molecule has 3 aromatic rings. The van der Waals surface area contributed by atoms with Crippen LogP contribution in [-0.4, -0.2) is 24.4 Å². The SMILES string of the molecule is O=C(Oc1ccccc1Cl)c1nc(S(=O)(=O)Cc2ccccc2)ncc1Cl. The average molecular weight is 423 g/mol. The second kappa shape index (κ2) is 8.04. The molecule has 0 N–H and O–H groups in total. The van der Waals surface area contributed by atoms with Gasteiger partial charge in [-0.15, -0.1) is 0 Å². The fourth-order valence-electron chi connectivity index (χ4n) is 2.18. The van der Waals surface area contributed by atoms with Crippen molar-refractivity contribution in [3.63, 3.8) is 0 Å². The molecule has 0 spiro atoms. The van der Waals surface area contributed by atoms with Crippen LogP contribution in [0.3, 0.4) is 0 Å². The van der Waals surface area contributed by atoms with Gasteiger partial charge in [0, 0.05) is 0 Å². The molecule has 0 saturated carbocycles. The van der Waals surface area contributed by atoms with Gasteiger partial charge in [0.1, 0.15) is 5.75 Å². The highest BCUT2D eigenvalue weighted by atomic mass is 35.5. The van der Waals surface area contributed by atoms with Gasteiger partial charge in [0.15, 0.2) is 5.69 Å². The first-order valence-corrected chi connectivity index (χ1v) is 10.0. The van der Waals surface area contributed by atoms with Crippen molar-refractivity contribution in [1.29, 1.82) is 0 Å². The third kappa shape index (κ3) is 4.63. The Morgan fingerprint density at radius 1 is 0.963 bits per heavy atom. The molecule has 6 nitrogen and oxygen atoms in total. The number of hydrogen-bond donors (Lipinski definition) is 0. The minimum Gasteiger partial charge on any atom is -0.420 e. The monoisotopic (exact) mass is 422 g/mol. The third-order valence-corrected chi connectivity index (χ3v) is 5.49. The molecule has 3 rings (SSSR count). The van der Waals surface area contributed by atoms with E-state index >= 15 is 0 Å². The molecule has 0 fully saturated rings. The Morgan fingerprint density at radius 3 is 2.33 bits per heavy atom. The quantitative estimate of drug-likeness (QED) is 0.351. The molecular weight excluding hydrogens is 411 g/mol. The van der Waals surface area contributed by atoms with Crippen LogP contribution in [0.25, 0.3) is 0 Å². The number of nitrogens with zero attached hydrogens (tertiary/aromatic N) is 2. The van der Waals surface area contributed by atoms with E-state index in [-0.39, 0.29) is 27.2 Å². The maximum absolute atomic E-state index is 12.6. The molecule has 0 aliphatic rings. The Bertz CT molecular complexity index is 1090. The van der Waals surface area contributed by atoms with Crippen molar-refractivity contribution < 1.29 is 17.9 Å². The van der Waals surface area contributed by atoms with Gasteiger partial charge in [0.25, 0.3) is 0 Å². The molecule has 0 unspecified atom stereocenters. The highest BCUT2D eigenvalue weighted by molar-refractivity contribution is 7.90. The number of para-hydroxylation sites is 1. The second-order valence-electron chi connectivity index (χ2n) is 5.41. The zero-order valence-corrected chi connectivity index (χ0v) is 16.0. The van der Waals surface area contributed by atoms with Crippen molar-refractivity contribution >= 4 is 39.0 Å². The Hall–Kier alpha value is -2.48. The van der Waals surface area contributed by atoms with Crippen LogP contribution < -0.4 is 4.74 Å². The van der Waals surface area contributed by atoms with Crippen molar-refractivity contribution in [1.82, 2.24) is 9.97 Å². The fraction of sp³-hybridized carbons (Fsp3) is 0.0556. The van der Waals surface area contributed by atoms with Gasteiger partial charge in [-0.1, -0.05) is 65.7 Å². The molecule has 0 saturated heterocycles. The van der Waals surface area contributed by atoms with E-state index in [1.807, 2.05) is 0 Å². The van der Waals surface area contributed by atoms with E-state index in [0.29, 0.717) is 5.56 Å². The van der Waals surface area contributed by atoms with Crippen LogP contribution in [0.1, 0.15) is 16.1 Å². The summed E-state index contributed by atoms with van der Waals surface area (Å²) >= 11 is 11.9. The van der Waals surface area contributed by atoms with E-state index in [0.717, 1.165) is 6.20 Å². The van der Waals surface area contributed by atoms with Crippen LogP contribution >= 0.6 is 23.2 Å². The lowest BCUT2D eigenvalue weighted by atomic mass is 10.2. The van der Waals surface area contributed by atoms with Crippen molar-refractivity contribution in [2.45, 2.75) is 10.9 Å². The van der Waals surface area contributed by atoms with Gasteiger partial charge in [-0.3, -0.25) is 0 Å². The number of rotatable bonds is 5. The molecule has 0 radical (unpaired) electrons. The average Bonchev–Trinajstić information content (AvgIpc) is 2.64. The molecule has 1 aromatic heterocycles. The van der Waals surface area contributed by atoms with Crippen molar-refractivity contribution in [3.05, 3.63) is 82.1 Å². The number of esters is 1. The van der Waals surface area contributed by atoms with Gasteiger partial charge < -0.3 is 4.74 Å². The molecule has 138 valence electrons. The topological polar surface area (TPSA) is 86.2 Å². The summed E-state index contributed by atoms with van der Waals surface area (Å²) in [6, 6.07) is 14.9. The molecule has 2 aromatic carbocycles. The molecule has 1 heterocycles. The molecule has 0 atom stereocenters. The Kier molecular flexibility index (Phi) is 5.74. The van der Waals surface area contributed by atoms with Gasteiger partial charge in [-0.25, -0.2) is 23.2 Å². The maximum Gasteiger partial charge on any atom is 0.364 e. The van der Waals surface area contributed by atoms with E-state index in [1.54, 1.807) is 48.5 Å². The number of carbonyl (C=O) groups is 1. The summed E-state index contributed by atoms with van der Waals surface area (Å²) in [6.07, 6.45) is 1.05. The molecule has 27 heavy (non-hydrogen) atoms. The van der Waals surface area contributed by atoms with Crippen LogP contribution in [0.2, 0.25) is 10.0 Å². The number of sulfone groups is 1. The Morgan fingerprint density at radius 2 is 1.63 bits per heavy atom. The standard InChI is InChI=1S/C18H12Cl2N2O4S/c19-13-8-4-5-9-15(13)26-17(23)16-14(20)10-21-18(22-16)27(24,25)11-12-6-2-1-3-7-12/h1-10H,11H2. The first-order valence-electron chi connectivity index (χ1n) is 7.63. The van der Waals surface area contributed by atoms with Gasteiger partial charge in [0.2, 0.25) is 15.0 Å². The third-order valence-electron chi connectivity index (χ3n) is 3.43. The number of hydrogen-bond acceptors (Lipinski definition) is 6. The summed E-state index contributed by atoms with van der Waals surface area (Å²) in [5.41, 5.74) is 0.203. The van der Waals surface area contributed by atoms with E-state index in [4.69, 9.17) is 27.9 Å². The summed E-state index contributed by atoms with van der Waals surface area (Å²) in [6.45, 7) is 0. The van der Waals surface area contributed by atoms with Crippen LogP contribution in [0.4, 0.5) is 0 Å². The summed E-state index contributed by atoms with van der Waals surface area (Å²) in [5, 5.41) is -0.430. The Labute approximate surface area is 165 Å². The number of benzene rings is 2. The predicted molar refractivity (Wildman–Crippen MR) is 101 cm³/mol. The predicted octanol–water partition coefficient (Wildman–Crippen LogP) is 3.98. The highest BCUT2D eigenvalue weighted by Gasteiger charge is 2.24. The first-order chi connectivity index (χ1) is 12.9. The number of halogens is 2. The zero-order chi connectivity index (χ0) is 19.4. The summed E-state index contributed by atoms with van der Waals surface area (Å²) in [4.78, 5) is 19.9. The minimum absolute atomic E-state index is 0.104. The van der Waals surface area contributed by atoms with E-state index in [2.05, 4.69) is 9.97 Å². The first kappa shape index (κ1) is 19.3. The van der Waals surface area contributed by atoms with Gasteiger partial charge >= 0.3 is 5.97 Å². The minimum atomic E-state index is -3.88. The lowest BCUT2D eigenvalue weighted by molar-refractivity contribution is 0.0727. The lowest BCUT2D eigenvalue weighted by Gasteiger charge is -2.08. The van der Waals surface area contributed by atoms with Crippen LogP contribution in [0.15, 0.2) is 66.0 Å². The van der Waals surface area contributed by atoms with E-state index in [9.17, 15) is 13.2 Å². The van der Waals surface area contributed by atoms with Crippen molar-refractivity contribution in [2.75, 3.05) is 0 Å². The zero-order valence-electron chi connectivity index (χ0n) is 13.7. The fourth-order valence-corrected chi connectivity index (χ4v) is 3.72. The number of carbonyl (C=O) groups excluding carboxylic acids is 1. The molecule has 0 aliphatic heterocycles. The summed E-state index contributed by atoms with van der Waals surface area (Å²) < 4.78 is 30.3. The summed E-state index contributed by atoms with van der Waals surface area (Å²) in [7, 11) is -3.88. The normalized spacial score (nSPS) is 11.2. The molecule has 0 aliphatic carbocycles. The molecular formula is C18H12Cl2N2O4S. The lowest BCUT2D eigenvalue weighted by Crippen LogP contribution is -2.16. The van der Waals surface area contributed by atoms with E-state index < -0.39 is 21.0 Å². The van der Waals surface area contributed by atoms with E-state index in [1.165, 1.54) is 6.07 Å². The van der Waals surface area contributed by atoms with Crippen molar-refractivity contribution in [3.8, 4) is 5.75 Å². The van der Waals surface area contributed by atoms with Crippen molar-refractivity contribution in [2.24, 2.45) is 0 Å². The van der Waals surface area contributed by atoms with Crippen LogP contribution in [0, 0.1) is 0 Å². The smallest absolute Gasteiger partial charge is 0.364 e. The number of aromatic nitrogens is 2. The molecule has 0 bridgehead atoms. The van der Waals surface area contributed by atoms with Crippen LogP contribution in [-0.2, 0) is 15.6 Å². The molecule has 9 heteroatoms. The van der Waals surface area contributed by atoms with Gasteiger partial charge in [0.05, 0.1) is 22.0 Å².